The van der Waals surface area contributed by atoms with Gasteiger partial charge in [-0.05, 0) is 44.1 Å². The predicted molar refractivity (Wildman–Crippen MR) is 85.1 cm³/mol. The summed E-state index contributed by atoms with van der Waals surface area (Å²) in [7, 11) is -1.75. The molecule has 0 bridgehead atoms. The van der Waals surface area contributed by atoms with Gasteiger partial charge in [-0.3, -0.25) is 4.90 Å². The lowest BCUT2D eigenvalue weighted by Crippen LogP contribution is -2.38. The maximum absolute atomic E-state index is 11.7. The molecule has 0 spiro atoms. The molecular formula is C14H18BrN3O2S. The summed E-state index contributed by atoms with van der Waals surface area (Å²) in [6, 6.07) is 7.66. The number of benzene rings is 1. The molecule has 21 heavy (non-hydrogen) atoms. The molecule has 1 atom stereocenters. The van der Waals surface area contributed by atoms with Gasteiger partial charge in [-0.1, -0.05) is 22.0 Å². The summed E-state index contributed by atoms with van der Waals surface area (Å²) in [5, 5.41) is 8.88. The summed E-state index contributed by atoms with van der Waals surface area (Å²) in [6.07, 6.45) is 1.91. The van der Waals surface area contributed by atoms with Gasteiger partial charge in [0.2, 0.25) is 10.0 Å². The maximum atomic E-state index is 11.7. The number of sulfonamides is 1. The Morgan fingerprint density at radius 3 is 2.90 bits per heavy atom. The molecule has 0 aromatic heterocycles. The number of nitrogens with zero attached hydrogens (tertiary/aromatic N) is 2. The second kappa shape index (κ2) is 6.88. The molecule has 1 heterocycles. The van der Waals surface area contributed by atoms with E-state index < -0.39 is 10.0 Å². The van der Waals surface area contributed by atoms with Crippen LogP contribution < -0.4 is 4.72 Å². The number of likely N-dealkylation sites (tertiary alicyclic amines) is 1. The van der Waals surface area contributed by atoms with Crippen molar-refractivity contribution in [2.24, 2.45) is 0 Å². The Kier molecular flexibility index (Phi) is 5.38. The molecular weight excluding hydrogens is 354 g/mol. The Morgan fingerprint density at radius 2 is 2.29 bits per heavy atom. The van der Waals surface area contributed by atoms with Gasteiger partial charge < -0.3 is 0 Å². The standard InChI is InChI=1S/C14H18BrN3O2S/c1-17-21(19,20)10-13-3-2-6-18(13)9-12-5-4-11(8-16)7-14(12)15/h4-5,7,13,17H,2-3,6,9-10H2,1H3. The van der Waals surface area contributed by atoms with Gasteiger partial charge in [-0.15, -0.1) is 0 Å². The predicted octanol–water partition coefficient (Wildman–Crippen LogP) is 1.83. The second-order valence-corrected chi connectivity index (χ2v) is 8.00. The molecule has 5 nitrogen and oxygen atoms in total. The van der Waals surface area contributed by atoms with E-state index in [9.17, 15) is 8.42 Å². The van der Waals surface area contributed by atoms with Crippen LogP contribution in [0, 0.1) is 11.3 Å². The number of rotatable bonds is 5. The first kappa shape index (κ1) is 16.4. The number of hydrogen-bond donors (Lipinski definition) is 1. The van der Waals surface area contributed by atoms with Gasteiger partial charge in [0.15, 0.2) is 0 Å². The van der Waals surface area contributed by atoms with E-state index >= 15 is 0 Å². The molecule has 1 saturated heterocycles. The minimum atomic E-state index is -3.20. The van der Waals surface area contributed by atoms with Crippen molar-refractivity contribution in [2.75, 3.05) is 19.3 Å². The highest BCUT2D eigenvalue weighted by molar-refractivity contribution is 9.10. The van der Waals surface area contributed by atoms with Crippen molar-refractivity contribution in [3.8, 4) is 6.07 Å². The zero-order valence-corrected chi connectivity index (χ0v) is 14.2. The molecule has 0 amide bonds. The summed E-state index contributed by atoms with van der Waals surface area (Å²) in [4.78, 5) is 2.20. The molecule has 0 aliphatic carbocycles. The highest BCUT2D eigenvalue weighted by atomic mass is 79.9. The van der Waals surface area contributed by atoms with Crippen LogP contribution in [-0.2, 0) is 16.6 Å². The van der Waals surface area contributed by atoms with Crippen LogP contribution in [-0.4, -0.2) is 38.7 Å². The fraction of sp³-hybridized carbons (Fsp3) is 0.500. The number of halogens is 1. The summed E-state index contributed by atoms with van der Waals surface area (Å²) < 4.78 is 26.7. The van der Waals surface area contributed by atoms with Crippen LogP contribution in [0.1, 0.15) is 24.0 Å². The van der Waals surface area contributed by atoms with Crippen molar-refractivity contribution < 1.29 is 8.42 Å². The maximum Gasteiger partial charge on any atom is 0.212 e. The van der Waals surface area contributed by atoms with E-state index in [1.165, 1.54) is 7.05 Å². The minimum Gasteiger partial charge on any atom is -0.295 e. The Hall–Kier alpha value is -0.940. The monoisotopic (exact) mass is 371 g/mol. The molecule has 1 aromatic carbocycles. The van der Waals surface area contributed by atoms with E-state index in [1.54, 1.807) is 12.1 Å². The number of hydrogen-bond acceptors (Lipinski definition) is 4. The molecule has 1 aliphatic heterocycles. The molecule has 0 saturated carbocycles. The van der Waals surface area contributed by atoms with Crippen LogP contribution in [0.2, 0.25) is 0 Å². The Morgan fingerprint density at radius 1 is 1.52 bits per heavy atom. The molecule has 0 radical (unpaired) electrons. The van der Waals surface area contributed by atoms with Crippen LogP contribution >= 0.6 is 15.9 Å². The van der Waals surface area contributed by atoms with E-state index in [4.69, 9.17) is 5.26 Å². The summed E-state index contributed by atoms with van der Waals surface area (Å²) >= 11 is 3.48. The van der Waals surface area contributed by atoms with E-state index in [0.717, 1.165) is 29.4 Å². The first-order valence-corrected chi connectivity index (χ1v) is 9.23. The fourth-order valence-electron chi connectivity index (χ4n) is 2.59. The van der Waals surface area contributed by atoms with Gasteiger partial charge in [-0.25, -0.2) is 13.1 Å². The van der Waals surface area contributed by atoms with Crippen LogP contribution in [0.15, 0.2) is 22.7 Å². The number of nitriles is 1. The molecule has 1 fully saturated rings. The summed E-state index contributed by atoms with van der Waals surface area (Å²) in [6.45, 7) is 1.59. The second-order valence-electron chi connectivity index (χ2n) is 5.17. The third-order valence-electron chi connectivity index (χ3n) is 3.78. The third-order valence-corrected chi connectivity index (χ3v) is 5.96. The summed E-state index contributed by atoms with van der Waals surface area (Å²) in [5.41, 5.74) is 1.68. The summed E-state index contributed by atoms with van der Waals surface area (Å²) in [5.74, 6) is 0.136. The highest BCUT2D eigenvalue weighted by Gasteiger charge is 2.28. The van der Waals surface area contributed by atoms with E-state index in [-0.39, 0.29) is 11.8 Å². The Labute approximate surface area is 134 Å². The molecule has 1 N–H and O–H groups in total. The van der Waals surface area contributed by atoms with Crippen LogP contribution in [0.3, 0.4) is 0 Å². The van der Waals surface area contributed by atoms with Crippen LogP contribution in [0.5, 0.6) is 0 Å². The van der Waals surface area contributed by atoms with Crippen molar-refractivity contribution in [3.05, 3.63) is 33.8 Å². The van der Waals surface area contributed by atoms with Gasteiger partial charge in [0.05, 0.1) is 17.4 Å². The lowest BCUT2D eigenvalue weighted by molar-refractivity contribution is 0.261. The van der Waals surface area contributed by atoms with Gasteiger partial charge >= 0.3 is 0 Å². The molecule has 7 heteroatoms. The molecule has 2 rings (SSSR count). The Balaban J connectivity index is 2.10. The minimum absolute atomic E-state index is 0.0463. The first-order chi connectivity index (χ1) is 9.95. The van der Waals surface area contributed by atoms with Gasteiger partial charge in [0, 0.05) is 17.1 Å². The van der Waals surface area contributed by atoms with Gasteiger partial charge in [0.25, 0.3) is 0 Å². The van der Waals surface area contributed by atoms with E-state index in [0.29, 0.717) is 12.1 Å². The van der Waals surface area contributed by atoms with Crippen molar-refractivity contribution in [3.63, 3.8) is 0 Å². The molecule has 1 aromatic rings. The van der Waals surface area contributed by atoms with Crippen LogP contribution in [0.25, 0.3) is 0 Å². The van der Waals surface area contributed by atoms with Crippen LogP contribution in [0.4, 0.5) is 0 Å². The first-order valence-electron chi connectivity index (χ1n) is 6.79. The smallest absolute Gasteiger partial charge is 0.212 e. The van der Waals surface area contributed by atoms with E-state index in [1.807, 2.05) is 6.07 Å². The fourth-order valence-corrected chi connectivity index (χ4v) is 4.15. The van der Waals surface area contributed by atoms with Crippen molar-refractivity contribution in [1.82, 2.24) is 9.62 Å². The molecule has 114 valence electrons. The average molecular weight is 372 g/mol. The zero-order chi connectivity index (χ0) is 15.5. The third kappa shape index (κ3) is 4.27. The Bertz CT molecular complexity index is 655. The quantitative estimate of drug-likeness (QED) is 0.856. The van der Waals surface area contributed by atoms with Crippen molar-refractivity contribution in [2.45, 2.75) is 25.4 Å². The van der Waals surface area contributed by atoms with Crippen molar-refractivity contribution >= 4 is 26.0 Å². The average Bonchev–Trinajstić information content (AvgIpc) is 2.87. The largest absolute Gasteiger partial charge is 0.295 e. The SMILES string of the molecule is CNS(=O)(=O)CC1CCCN1Cc1ccc(C#N)cc1Br. The van der Waals surface area contributed by atoms with Crippen molar-refractivity contribution in [1.29, 1.82) is 5.26 Å². The van der Waals surface area contributed by atoms with Gasteiger partial charge in [0.1, 0.15) is 0 Å². The highest BCUT2D eigenvalue weighted by Crippen LogP contribution is 2.25. The normalized spacial score (nSPS) is 19.6. The lowest BCUT2D eigenvalue weighted by atomic mass is 10.1. The molecule has 1 aliphatic rings. The zero-order valence-electron chi connectivity index (χ0n) is 11.8. The van der Waals surface area contributed by atoms with E-state index in [2.05, 4.69) is 31.6 Å². The number of nitrogens with one attached hydrogen (secondary N) is 1. The van der Waals surface area contributed by atoms with Gasteiger partial charge in [-0.2, -0.15) is 5.26 Å². The molecule has 1 unspecified atom stereocenters. The topological polar surface area (TPSA) is 73.2 Å². The lowest BCUT2D eigenvalue weighted by Gasteiger charge is -2.24.